The van der Waals surface area contributed by atoms with Crippen LogP contribution in [0.4, 0.5) is 0 Å². The quantitative estimate of drug-likeness (QED) is 0.589. The van der Waals surface area contributed by atoms with E-state index in [1.807, 2.05) is 19.2 Å². The summed E-state index contributed by atoms with van der Waals surface area (Å²) in [6, 6.07) is 14.9. The van der Waals surface area contributed by atoms with Gasteiger partial charge in [-0.15, -0.1) is 10.2 Å². The summed E-state index contributed by atoms with van der Waals surface area (Å²) in [5.41, 5.74) is 7.34. The van der Waals surface area contributed by atoms with Gasteiger partial charge in [-0.25, -0.2) is 0 Å². The predicted octanol–water partition coefficient (Wildman–Crippen LogP) is 5.17. The molecule has 1 aromatic heterocycles. The Morgan fingerprint density at radius 3 is 2.88 bits per heavy atom. The SMILES string of the molecule is C=C(CSc1nnc(-c2ccccc2C)n1C)c1ccc2c(c1)C=CC2. The number of thioether (sulfide) groups is 1. The van der Waals surface area contributed by atoms with Gasteiger partial charge >= 0.3 is 0 Å². The highest BCUT2D eigenvalue weighted by Crippen LogP contribution is 2.29. The average molecular weight is 359 g/mol. The first-order valence-corrected chi connectivity index (χ1v) is 9.68. The van der Waals surface area contributed by atoms with Gasteiger partial charge in [-0.3, -0.25) is 0 Å². The van der Waals surface area contributed by atoms with Crippen LogP contribution in [0.1, 0.15) is 22.3 Å². The second kappa shape index (κ2) is 6.96. The van der Waals surface area contributed by atoms with Crippen molar-refractivity contribution in [2.24, 2.45) is 7.05 Å². The highest BCUT2D eigenvalue weighted by atomic mass is 32.2. The number of hydrogen-bond acceptors (Lipinski definition) is 3. The molecule has 0 unspecified atom stereocenters. The van der Waals surface area contributed by atoms with E-state index in [2.05, 4.69) is 70.8 Å². The summed E-state index contributed by atoms with van der Waals surface area (Å²) in [5.74, 6) is 1.70. The third kappa shape index (κ3) is 3.13. The number of benzene rings is 2. The summed E-state index contributed by atoms with van der Waals surface area (Å²) in [6.07, 6.45) is 5.44. The number of nitrogens with zero attached hydrogens (tertiary/aromatic N) is 3. The molecule has 3 aromatic rings. The Kier molecular flexibility index (Phi) is 4.51. The average Bonchev–Trinajstić information content (AvgIpc) is 3.26. The number of aryl methyl sites for hydroxylation is 1. The smallest absolute Gasteiger partial charge is 0.191 e. The summed E-state index contributed by atoms with van der Waals surface area (Å²) in [5, 5.41) is 9.69. The van der Waals surface area contributed by atoms with Crippen LogP contribution in [0.25, 0.3) is 23.0 Å². The Morgan fingerprint density at radius 2 is 2.04 bits per heavy atom. The molecule has 1 heterocycles. The van der Waals surface area contributed by atoms with Crippen LogP contribution in [0.3, 0.4) is 0 Å². The van der Waals surface area contributed by atoms with E-state index in [-0.39, 0.29) is 0 Å². The fourth-order valence-electron chi connectivity index (χ4n) is 3.20. The summed E-state index contributed by atoms with van der Waals surface area (Å²) in [7, 11) is 2.02. The number of hydrogen-bond donors (Lipinski definition) is 0. The van der Waals surface area contributed by atoms with Crippen molar-refractivity contribution in [3.8, 4) is 11.4 Å². The molecule has 26 heavy (non-hydrogen) atoms. The molecule has 0 saturated heterocycles. The minimum absolute atomic E-state index is 0.794. The minimum Gasteiger partial charge on any atom is -0.305 e. The number of aromatic nitrogens is 3. The van der Waals surface area contributed by atoms with E-state index in [1.165, 1.54) is 22.3 Å². The van der Waals surface area contributed by atoms with Crippen molar-refractivity contribution in [1.82, 2.24) is 14.8 Å². The topological polar surface area (TPSA) is 30.7 Å². The van der Waals surface area contributed by atoms with E-state index in [0.717, 1.165) is 34.3 Å². The van der Waals surface area contributed by atoms with Crippen molar-refractivity contribution >= 4 is 23.4 Å². The zero-order valence-electron chi connectivity index (χ0n) is 15.1. The van der Waals surface area contributed by atoms with Gasteiger partial charge in [0.1, 0.15) is 0 Å². The highest BCUT2D eigenvalue weighted by molar-refractivity contribution is 7.99. The third-order valence-corrected chi connectivity index (χ3v) is 5.89. The van der Waals surface area contributed by atoms with Gasteiger partial charge < -0.3 is 4.57 Å². The Morgan fingerprint density at radius 1 is 1.19 bits per heavy atom. The zero-order chi connectivity index (χ0) is 18.1. The Bertz CT molecular complexity index is 1010. The molecule has 1 aliphatic rings. The van der Waals surface area contributed by atoms with Crippen molar-refractivity contribution in [3.63, 3.8) is 0 Å². The molecule has 2 aromatic carbocycles. The number of fused-ring (bicyclic) bond motifs is 1. The first kappa shape index (κ1) is 16.9. The maximum Gasteiger partial charge on any atom is 0.191 e. The van der Waals surface area contributed by atoms with Gasteiger partial charge in [0, 0.05) is 18.4 Å². The van der Waals surface area contributed by atoms with E-state index in [0.29, 0.717) is 0 Å². The van der Waals surface area contributed by atoms with Crippen molar-refractivity contribution in [1.29, 1.82) is 0 Å². The molecule has 0 atom stereocenters. The fraction of sp³-hybridized carbons (Fsp3) is 0.182. The molecule has 0 N–H and O–H groups in total. The van der Waals surface area contributed by atoms with E-state index < -0.39 is 0 Å². The molecular formula is C22H21N3S. The molecule has 0 saturated carbocycles. The molecular weight excluding hydrogens is 338 g/mol. The predicted molar refractivity (Wildman–Crippen MR) is 110 cm³/mol. The molecule has 0 amide bonds. The molecule has 0 radical (unpaired) electrons. The van der Waals surface area contributed by atoms with Crippen LogP contribution < -0.4 is 0 Å². The molecule has 0 bridgehead atoms. The summed E-state index contributed by atoms with van der Waals surface area (Å²) >= 11 is 1.68. The summed E-state index contributed by atoms with van der Waals surface area (Å²) < 4.78 is 2.06. The fourth-order valence-corrected chi connectivity index (χ4v) is 4.05. The van der Waals surface area contributed by atoms with Crippen molar-refractivity contribution < 1.29 is 0 Å². The van der Waals surface area contributed by atoms with Gasteiger partial charge in [0.25, 0.3) is 0 Å². The molecule has 0 aliphatic heterocycles. The molecule has 130 valence electrons. The minimum atomic E-state index is 0.794. The van der Waals surface area contributed by atoms with Crippen LogP contribution in [0.15, 0.2) is 60.3 Å². The number of allylic oxidation sites excluding steroid dienone is 1. The van der Waals surface area contributed by atoms with Gasteiger partial charge in [-0.05, 0) is 47.2 Å². The summed E-state index contributed by atoms with van der Waals surface area (Å²) in [6.45, 7) is 6.37. The van der Waals surface area contributed by atoms with Crippen LogP contribution in [-0.2, 0) is 13.5 Å². The van der Waals surface area contributed by atoms with Gasteiger partial charge in [0.2, 0.25) is 0 Å². The lowest BCUT2D eigenvalue weighted by Crippen LogP contribution is -1.97. The highest BCUT2D eigenvalue weighted by Gasteiger charge is 2.14. The van der Waals surface area contributed by atoms with E-state index >= 15 is 0 Å². The Hall–Kier alpha value is -2.59. The molecule has 1 aliphatic carbocycles. The van der Waals surface area contributed by atoms with Crippen LogP contribution in [0, 0.1) is 6.92 Å². The van der Waals surface area contributed by atoms with Gasteiger partial charge in [0.15, 0.2) is 11.0 Å². The lowest BCUT2D eigenvalue weighted by atomic mass is 10.0. The van der Waals surface area contributed by atoms with Crippen LogP contribution in [0.5, 0.6) is 0 Å². The van der Waals surface area contributed by atoms with Crippen molar-refractivity contribution in [2.75, 3.05) is 5.75 Å². The normalized spacial score (nSPS) is 12.4. The third-order valence-electron chi connectivity index (χ3n) is 4.79. The Balaban J connectivity index is 1.49. The maximum absolute atomic E-state index is 4.40. The van der Waals surface area contributed by atoms with E-state index in [1.54, 1.807) is 11.8 Å². The van der Waals surface area contributed by atoms with Crippen molar-refractivity contribution in [3.05, 3.63) is 77.4 Å². The van der Waals surface area contributed by atoms with Crippen LogP contribution in [-0.4, -0.2) is 20.5 Å². The summed E-state index contributed by atoms with van der Waals surface area (Å²) in [4.78, 5) is 0. The molecule has 4 rings (SSSR count). The van der Waals surface area contributed by atoms with E-state index in [4.69, 9.17) is 0 Å². The van der Waals surface area contributed by atoms with E-state index in [9.17, 15) is 0 Å². The monoisotopic (exact) mass is 359 g/mol. The first-order valence-electron chi connectivity index (χ1n) is 8.69. The molecule has 3 nitrogen and oxygen atoms in total. The Labute approximate surface area is 158 Å². The zero-order valence-corrected chi connectivity index (χ0v) is 15.9. The number of rotatable bonds is 5. The molecule has 4 heteroatoms. The molecule has 0 fully saturated rings. The lowest BCUT2D eigenvalue weighted by molar-refractivity contribution is 0.794. The second-order valence-electron chi connectivity index (χ2n) is 6.59. The standard InChI is InChI=1S/C22H21N3S/c1-15-7-4-5-10-20(15)21-23-24-22(25(21)3)26-14-16(2)18-12-11-17-8-6-9-19(17)13-18/h4-7,9-13H,2,8,14H2,1,3H3. The second-order valence-corrected chi connectivity index (χ2v) is 7.53. The van der Waals surface area contributed by atoms with Crippen molar-refractivity contribution in [2.45, 2.75) is 18.5 Å². The molecule has 0 spiro atoms. The maximum atomic E-state index is 4.40. The van der Waals surface area contributed by atoms with Gasteiger partial charge in [0.05, 0.1) is 0 Å². The van der Waals surface area contributed by atoms with Gasteiger partial charge in [-0.1, -0.05) is 66.9 Å². The largest absolute Gasteiger partial charge is 0.305 e. The van der Waals surface area contributed by atoms with Crippen LogP contribution >= 0.6 is 11.8 Å². The van der Waals surface area contributed by atoms with Crippen LogP contribution in [0.2, 0.25) is 0 Å². The van der Waals surface area contributed by atoms with Gasteiger partial charge in [-0.2, -0.15) is 0 Å². The first-order chi connectivity index (χ1) is 12.6. The lowest BCUT2D eigenvalue weighted by Gasteiger charge is -2.09.